The summed E-state index contributed by atoms with van der Waals surface area (Å²) in [6.07, 6.45) is -0.189. The highest BCUT2D eigenvalue weighted by molar-refractivity contribution is 6.07. The maximum atomic E-state index is 12.7. The number of nitrogens with one attached hydrogen (secondary N) is 2. The minimum atomic E-state index is -0.938. The number of carbonyl (C=O) groups excluding carboxylic acids is 3. The van der Waals surface area contributed by atoms with Crippen molar-refractivity contribution in [2.45, 2.75) is 19.0 Å². The number of rotatable bonds is 8. The summed E-state index contributed by atoms with van der Waals surface area (Å²) in [7, 11) is 4.53. The summed E-state index contributed by atoms with van der Waals surface area (Å²) < 4.78 is 15.6. The van der Waals surface area contributed by atoms with E-state index in [1.807, 2.05) is 0 Å². The Labute approximate surface area is 173 Å². The molecule has 158 valence electrons. The van der Waals surface area contributed by atoms with Crippen LogP contribution in [0.1, 0.15) is 12.0 Å². The number of imide groups is 1. The van der Waals surface area contributed by atoms with Crippen molar-refractivity contribution in [3.8, 4) is 17.2 Å². The summed E-state index contributed by atoms with van der Waals surface area (Å²) >= 11 is 0. The lowest BCUT2D eigenvalue weighted by Crippen LogP contribution is -2.34. The fourth-order valence-electron chi connectivity index (χ4n) is 3.16. The molecular formula is C21H23N3O6. The van der Waals surface area contributed by atoms with E-state index in [1.54, 1.807) is 42.5 Å². The first-order valence-corrected chi connectivity index (χ1v) is 9.22. The smallest absolute Gasteiger partial charge is 0.325 e. The molecule has 1 heterocycles. The summed E-state index contributed by atoms with van der Waals surface area (Å²) in [6.45, 7) is 0.0512. The Morgan fingerprint density at radius 2 is 1.70 bits per heavy atom. The Balaban J connectivity index is 1.65. The topological polar surface area (TPSA) is 106 Å². The Hall–Kier alpha value is -3.75. The number of anilines is 1. The van der Waals surface area contributed by atoms with Gasteiger partial charge in [0.05, 0.1) is 40.0 Å². The molecule has 0 radical (unpaired) electrons. The average molecular weight is 413 g/mol. The molecule has 1 aliphatic heterocycles. The summed E-state index contributed by atoms with van der Waals surface area (Å²) in [5.74, 6) is 0.665. The lowest BCUT2D eigenvalue weighted by atomic mass is 10.1. The van der Waals surface area contributed by atoms with E-state index >= 15 is 0 Å². The zero-order valence-corrected chi connectivity index (χ0v) is 16.9. The summed E-state index contributed by atoms with van der Waals surface area (Å²) in [5, 5.41) is 5.26. The lowest BCUT2D eigenvalue weighted by molar-refractivity contribution is -0.130. The maximum absolute atomic E-state index is 12.7. The first kappa shape index (κ1) is 21.0. The molecule has 0 spiro atoms. The molecule has 1 aliphatic rings. The molecule has 0 bridgehead atoms. The minimum absolute atomic E-state index is 0.0512. The summed E-state index contributed by atoms with van der Waals surface area (Å²) in [4.78, 5) is 38.5. The average Bonchev–Trinajstić information content (AvgIpc) is 3.01. The van der Waals surface area contributed by atoms with Crippen molar-refractivity contribution >= 4 is 23.5 Å². The van der Waals surface area contributed by atoms with Crippen molar-refractivity contribution in [3.05, 3.63) is 48.0 Å². The zero-order chi connectivity index (χ0) is 21.7. The van der Waals surface area contributed by atoms with Gasteiger partial charge in [-0.1, -0.05) is 18.2 Å². The fraction of sp³-hybridized carbons (Fsp3) is 0.286. The third kappa shape index (κ3) is 4.45. The van der Waals surface area contributed by atoms with Crippen molar-refractivity contribution in [3.63, 3.8) is 0 Å². The van der Waals surface area contributed by atoms with Crippen LogP contribution in [0.25, 0.3) is 0 Å². The Kier molecular flexibility index (Phi) is 6.41. The second kappa shape index (κ2) is 9.17. The van der Waals surface area contributed by atoms with Gasteiger partial charge >= 0.3 is 6.03 Å². The van der Waals surface area contributed by atoms with Crippen LogP contribution < -0.4 is 24.8 Å². The van der Waals surface area contributed by atoms with Crippen molar-refractivity contribution in [1.29, 1.82) is 0 Å². The van der Waals surface area contributed by atoms with Crippen molar-refractivity contribution < 1.29 is 28.6 Å². The highest BCUT2D eigenvalue weighted by atomic mass is 16.5. The minimum Gasteiger partial charge on any atom is -0.495 e. The molecule has 4 amide bonds. The Morgan fingerprint density at radius 1 is 1.00 bits per heavy atom. The normalized spacial score (nSPS) is 15.6. The SMILES string of the molecule is COc1ccccc1NC(=O)CC1NC(=O)N(Cc2ccc(OC)c(OC)c2)C1=O. The standard InChI is InChI=1S/C21H23N3O6/c1-28-16-7-5-4-6-14(16)22-19(25)11-15-20(26)24(21(27)23-15)12-13-8-9-17(29-2)18(10-13)30-3/h4-10,15H,11-12H2,1-3H3,(H,22,25)(H,23,27). The molecule has 1 saturated heterocycles. The van der Waals surface area contributed by atoms with Crippen LogP contribution in [0.5, 0.6) is 17.2 Å². The molecule has 3 rings (SSSR count). The molecule has 1 unspecified atom stereocenters. The van der Waals surface area contributed by atoms with Gasteiger partial charge in [0.2, 0.25) is 5.91 Å². The van der Waals surface area contributed by atoms with Crippen molar-refractivity contribution in [2.24, 2.45) is 0 Å². The second-order valence-corrected chi connectivity index (χ2v) is 6.57. The number of methoxy groups -OCH3 is 3. The third-order valence-electron chi connectivity index (χ3n) is 4.67. The van der Waals surface area contributed by atoms with Crippen LogP contribution in [0, 0.1) is 0 Å². The molecular weight excluding hydrogens is 390 g/mol. The Bertz CT molecular complexity index is 962. The molecule has 1 fully saturated rings. The van der Waals surface area contributed by atoms with Crippen LogP contribution in [0.3, 0.4) is 0 Å². The van der Waals surface area contributed by atoms with Gasteiger partial charge in [0.15, 0.2) is 11.5 Å². The number of amides is 4. The van der Waals surface area contributed by atoms with Crippen molar-refractivity contribution in [2.75, 3.05) is 26.6 Å². The van der Waals surface area contributed by atoms with E-state index in [0.29, 0.717) is 28.5 Å². The van der Waals surface area contributed by atoms with Crippen LogP contribution in [0.4, 0.5) is 10.5 Å². The van der Waals surface area contributed by atoms with E-state index in [9.17, 15) is 14.4 Å². The van der Waals surface area contributed by atoms with E-state index in [-0.39, 0.29) is 13.0 Å². The number of hydrogen-bond acceptors (Lipinski definition) is 6. The van der Waals surface area contributed by atoms with Gasteiger partial charge in [0, 0.05) is 0 Å². The van der Waals surface area contributed by atoms with E-state index in [2.05, 4.69) is 10.6 Å². The highest BCUT2D eigenvalue weighted by Gasteiger charge is 2.39. The van der Waals surface area contributed by atoms with E-state index in [0.717, 1.165) is 4.90 Å². The number of para-hydroxylation sites is 2. The summed E-state index contributed by atoms with van der Waals surface area (Å²) in [5.41, 5.74) is 1.18. The molecule has 0 aromatic heterocycles. The van der Waals surface area contributed by atoms with E-state index in [1.165, 1.54) is 21.3 Å². The van der Waals surface area contributed by atoms with Gasteiger partial charge in [0.1, 0.15) is 11.8 Å². The molecule has 0 aliphatic carbocycles. The van der Waals surface area contributed by atoms with Gasteiger partial charge in [-0.05, 0) is 29.8 Å². The number of hydrogen-bond donors (Lipinski definition) is 2. The molecule has 0 saturated carbocycles. The lowest BCUT2D eigenvalue weighted by Gasteiger charge is -2.15. The first-order chi connectivity index (χ1) is 14.5. The van der Waals surface area contributed by atoms with Crippen LogP contribution in [0.15, 0.2) is 42.5 Å². The molecule has 9 nitrogen and oxygen atoms in total. The monoisotopic (exact) mass is 413 g/mol. The first-order valence-electron chi connectivity index (χ1n) is 9.22. The number of benzene rings is 2. The van der Waals surface area contributed by atoms with Gasteiger partial charge in [-0.3, -0.25) is 14.5 Å². The number of nitrogens with zero attached hydrogens (tertiary/aromatic N) is 1. The highest BCUT2D eigenvalue weighted by Crippen LogP contribution is 2.29. The number of urea groups is 1. The molecule has 2 N–H and O–H groups in total. The fourth-order valence-corrected chi connectivity index (χ4v) is 3.16. The van der Waals surface area contributed by atoms with Crippen molar-refractivity contribution in [1.82, 2.24) is 10.2 Å². The Morgan fingerprint density at radius 3 is 2.40 bits per heavy atom. The third-order valence-corrected chi connectivity index (χ3v) is 4.67. The quantitative estimate of drug-likeness (QED) is 0.643. The van der Waals surface area contributed by atoms with Gasteiger partial charge < -0.3 is 24.8 Å². The number of carbonyl (C=O) groups is 3. The van der Waals surface area contributed by atoms with Crippen LogP contribution in [-0.2, 0) is 16.1 Å². The molecule has 2 aromatic carbocycles. The summed E-state index contributed by atoms with van der Waals surface area (Å²) in [6, 6.07) is 10.6. The second-order valence-electron chi connectivity index (χ2n) is 6.57. The van der Waals surface area contributed by atoms with Gasteiger partial charge in [0.25, 0.3) is 5.91 Å². The van der Waals surface area contributed by atoms with Gasteiger partial charge in [-0.2, -0.15) is 0 Å². The van der Waals surface area contributed by atoms with E-state index in [4.69, 9.17) is 14.2 Å². The van der Waals surface area contributed by atoms with Crippen LogP contribution >= 0.6 is 0 Å². The van der Waals surface area contributed by atoms with Crippen LogP contribution in [-0.4, -0.2) is 50.1 Å². The van der Waals surface area contributed by atoms with E-state index < -0.39 is 23.9 Å². The zero-order valence-electron chi connectivity index (χ0n) is 16.9. The number of ether oxygens (including phenoxy) is 3. The molecule has 9 heteroatoms. The molecule has 1 atom stereocenters. The molecule has 30 heavy (non-hydrogen) atoms. The van der Waals surface area contributed by atoms with Crippen LogP contribution in [0.2, 0.25) is 0 Å². The largest absolute Gasteiger partial charge is 0.495 e. The van der Waals surface area contributed by atoms with Gasteiger partial charge in [-0.15, -0.1) is 0 Å². The molecule has 2 aromatic rings. The predicted molar refractivity (Wildman–Crippen MR) is 109 cm³/mol. The van der Waals surface area contributed by atoms with Gasteiger partial charge in [-0.25, -0.2) is 4.79 Å². The predicted octanol–water partition coefficient (Wildman–Crippen LogP) is 2.16. The maximum Gasteiger partial charge on any atom is 0.325 e.